The fraction of sp³-hybridized carbons (Fsp3) is 0.696. The van der Waals surface area contributed by atoms with Crippen LogP contribution in [0, 0.1) is 11.3 Å². The second kappa shape index (κ2) is 7.98. The Hall–Kier alpha value is -1.29. The molecule has 0 saturated heterocycles. The zero-order chi connectivity index (χ0) is 20.5. The summed E-state index contributed by atoms with van der Waals surface area (Å²) in [6, 6.07) is 8.75. The van der Waals surface area contributed by atoms with Crippen LogP contribution in [0.2, 0.25) is 18.1 Å². The highest BCUT2D eigenvalue weighted by Gasteiger charge is 2.40. The van der Waals surface area contributed by atoms with E-state index in [0.717, 1.165) is 31.4 Å². The van der Waals surface area contributed by atoms with E-state index in [0.29, 0.717) is 11.8 Å². The van der Waals surface area contributed by atoms with Crippen molar-refractivity contribution >= 4 is 14.3 Å². The molecular formula is C23H38O3Si. The fourth-order valence-corrected chi connectivity index (χ4v) is 4.87. The number of esters is 1. The molecule has 0 radical (unpaired) electrons. The van der Waals surface area contributed by atoms with Gasteiger partial charge in [0.2, 0.25) is 8.32 Å². The zero-order valence-electron chi connectivity index (χ0n) is 18.5. The number of hydrogen-bond donors (Lipinski definition) is 0. The third-order valence-corrected chi connectivity index (χ3v) is 11.3. The van der Waals surface area contributed by atoms with Crippen molar-refractivity contribution in [1.29, 1.82) is 0 Å². The fourth-order valence-electron chi connectivity index (χ4n) is 3.83. The molecule has 0 atom stereocenters. The average Bonchev–Trinajstić information content (AvgIpc) is 2.60. The van der Waals surface area contributed by atoms with Gasteiger partial charge in [0.15, 0.2) is 0 Å². The summed E-state index contributed by atoms with van der Waals surface area (Å²) in [7, 11) is -0.302. The van der Waals surface area contributed by atoms with Crippen LogP contribution < -0.4 is 4.43 Å². The highest BCUT2D eigenvalue weighted by atomic mass is 28.4. The summed E-state index contributed by atoms with van der Waals surface area (Å²) < 4.78 is 11.4. The van der Waals surface area contributed by atoms with Gasteiger partial charge in [0.1, 0.15) is 5.75 Å². The molecule has 0 heterocycles. The van der Waals surface area contributed by atoms with E-state index in [1.54, 1.807) is 0 Å². The number of carbonyl (C=O) groups excluding carboxylic acids is 1. The number of benzene rings is 1. The Labute approximate surface area is 167 Å². The standard InChI is InChI=1S/C23H38O3Si/c1-22(2,3)27(7,8)26-20-15-11-18(12-16-20)17-9-13-19(14-10-17)23(4,5)21(24)25-6/h11-12,15-17,19H,9-10,13-14H2,1-8H3/t17-,19-. The van der Waals surface area contributed by atoms with Gasteiger partial charge in [-0.2, -0.15) is 0 Å². The minimum absolute atomic E-state index is 0.0851. The molecule has 0 N–H and O–H groups in total. The van der Waals surface area contributed by atoms with Crippen LogP contribution >= 0.6 is 0 Å². The Morgan fingerprint density at radius 1 is 0.963 bits per heavy atom. The van der Waals surface area contributed by atoms with Crippen molar-refractivity contribution in [3.63, 3.8) is 0 Å². The van der Waals surface area contributed by atoms with Gasteiger partial charge in [-0.3, -0.25) is 4.79 Å². The van der Waals surface area contributed by atoms with Crippen LogP contribution in [0.25, 0.3) is 0 Å². The van der Waals surface area contributed by atoms with Crippen LogP contribution in [0.5, 0.6) is 5.75 Å². The van der Waals surface area contributed by atoms with Crippen molar-refractivity contribution in [3.8, 4) is 5.75 Å². The maximum absolute atomic E-state index is 12.1. The minimum atomic E-state index is -1.79. The number of ether oxygens (including phenoxy) is 1. The molecular weight excluding hydrogens is 352 g/mol. The first-order valence-electron chi connectivity index (χ1n) is 10.3. The zero-order valence-corrected chi connectivity index (χ0v) is 19.5. The van der Waals surface area contributed by atoms with Crippen LogP contribution in [0.3, 0.4) is 0 Å². The lowest BCUT2D eigenvalue weighted by molar-refractivity contribution is -0.154. The number of methoxy groups -OCH3 is 1. The number of hydrogen-bond acceptors (Lipinski definition) is 3. The van der Waals surface area contributed by atoms with E-state index in [2.05, 4.69) is 58.1 Å². The summed E-state index contributed by atoms with van der Waals surface area (Å²) in [5.41, 5.74) is 1.01. The van der Waals surface area contributed by atoms with Gasteiger partial charge >= 0.3 is 5.97 Å². The normalized spacial score (nSPS) is 21.6. The van der Waals surface area contributed by atoms with Crippen LogP contribution in [-0.2, 0) is 9.53 Å². The van der Waals surface area contributed by atoms with E-state index < -0.39 is 8.32 Å². The Bertz CT molecular complexity index is 633. The SMILES string of the molecule is COC(=O)C(C)(C)[C@H]1CC[C@H](c2ccc(O[Si](C)(C)C(C)(C)C)cc2)CC1. The van der Waals surface area contributed by atoms with E-state index in [1.807, 2.05) is 13.8 Å². The quantitative estimate of drug-likeness (QED) is 0.423. The first-order chi connectivity index (χ1) is 12.4. The molecule has 4 heteroatoms. The monoisotopic (exact) mass is 390 g/mol. The molecule has 1 aliphatic rings. The van der Waals surface area contributed by atoms with Crippen molar-refractivity contribution in [1.82, 2.24) is 0 Å². The smallest absolute Gasteiger partial charge is 0.311 e. The molecule has 1 fully saturated rings. The second-order valence-electron chi connectivity index (χ2n) is 10.2. The summed E-state index contributed by atoms with van der Waals surface area (Å²) in [6.45, 7) is 15.4. The molecule has 1 aromatic carbocycles. The average molecular weight is 391 g/mol. The van der Waals surface area contributed by atoms with E-state index >= 15 is 0 Å². The Kier molecular flexibility index (Phi) is 6.50. The Morgan fingerprint density at radius 3 is 1.93 bits per heavy atom. The molecule has 152 valence electrons. The molecule has 0 spiro atoms. The van der Waals surface area contributed by atoms with Gasteiger partial charge in [0.05, 0.1) is 12.5 Å². The molecule has 0 aromatic heterocycles. The van der Waals surface area contributed by atoms with Gasteiger partial charge in [-0.1, -0.05) is 32.9 Å². The Balaban J connectivity index is 1.99. The van der Waals surface area contributed by atoms with Gasteiger partial charge in [0.25, 0.3) is 0 Å². The van der Waals surface area contributed by atoms with E-state index in [-0.39, 0.29) is 16.4 Å². The molecule has 1 aromatic rings. The van der Waals surface area contributed by atoms with Crippen molar-refractivity contribution in [3.05, 3.63) is 29.8 Å². The van der Waals surface area contributed by atoms with Crippen LogP contribution in [0.15, 0.2) is 24.3 Å². The van der Waals surface area contributed by atoms with Crippen LogP contribution in [0.1, 0.15) is 71.8 Å². The minimum Gasteiger partial charge on any atom is -0.544 e. The first kappa shape index (κ1) is 22.0. The molecule has 0 aliphatic heterocycles. The van der Waals surface area contributed by atoms with E-state index in [9.17, 15) is 4.79 Å². The predicted octanol–water partition coefficient (Wildman–Crippen LogP) is 6.54. The third-order valence-electron chi connectivity index (χ3n) is 6.99. The summed E-state index contributed by atoms with van der Waals surface area (Å²) in [6.07, 6.45) is 4.42. The van der Waals surface area contributed by atoms with Gasteiger partial charge < -0.3 is 9.16 Å². The topological polar surface area (TPSA) is 35.5 Å². The third kappa shape index (κ3) is 4.95. The maximum atomic E-state index is 12.1. The van der Waals surface area contributed by atoms with Crippen LogP contribution in [0.4, 0.5) is 0 Å². The molecule has 2 rings (SSSR count). The molecule has 1 aliphatic carbocycles. The largest absolute Gasteiger partial charge is 0.544 e. The van der Waals surface area contributed by atoms with Gasteiger partial charge in [0, 0.05) is 0 Å². The molecule has 27 heavy (non-hydrogen) atoms. The van der Waals surface area contributed by atoms with Crippen molar-refractivity contribution in [2.24, 2.45) is 11.3 Å². The molecule has 1 saturated carbocycles. The molecule has 3 nitrogen and oxygen atoms in total. The van der Waals surface area contributed by atoms with E-state index in [4.69, 9.17) is 9.16 Å². The first-order valence-corrected chi connectivity index (χ1v) is 13.2. The summed E-state index contributed by atoms with van der Waals surface area (Å²) in [4.78, 5) is 12.1. The van der Waals surface area contributed by atoms with Crippen LogP contribution in [-0.4, -0.2) is 21.4 Å². The van der Waals surface area contributed by atoms with E-state index in [1.165, 1.54) is 12.7 Å². The lowest BCUT2D eigenvalue weighted by Crippen LogP contribution is -2.43. The molecule has 0 bridgehead atoms. The van der Waals surface area contributed by atoms with Crippen molar-refractivity contribution < 1.29 is 14.0 Å². The molecule has 0 unspecified atom stereocenters. The summed E-state index contributed by atoms with van der Waals surface area (Å²) >= 11 is 0. The number of rotatable bonds is 5. The van der Waals surface area contributed by atoms with Crippen molar-refractivity contribution in [2.45, 2.75) is 84.4 Å². The highest BCUT2D eigenvalue weighted by molar-refractivity contribution is 6.74. The lowest BCUT2D eigenvalue weighted by atomic mass is 9.68. The highest BCUT2D eigenvalue weighted by Crippen LogP contribution is 2.44. The predicted molar refractivity (Wildman–Crippen MR) is 115 cm³/mol. The maximum Gasteiger partial charge on any atom is 0.311 e. The second-order valence-corrected chi connectivity index (χ2v) is 14.9. The van der Waals surface area contributed by atoms with Gasteiger partial charge in [-0.15, -0.1) is 0 Å². The van der Waals surface area contributed by atoms with Crippen molar-refractivity contribution in [2.75, 3.05) is 7.11 Å². The number of carbonyl (C=O) groups is 1. The summed E-state index contributed by atoms with van der Waals surface area (Å²) in [5.74, 6) is 1.89. The van der Waals surface area contributed by atoms with Gasteiger partial charge in [-0.25, -0.2) is 0 Å². The van der Waals surface area contributed by atoms with Gasteiger partial charge in [-0.05, 0) is 87.2 Å². The molecule has 0 amide bonds. The Morgan fingerprint density at radius 2 is 1.48 bits per heavy atom. The lowest BCUT2D eigenvalue weighted by Gasteiger charge is -2.38. The summed E-state index contributed by atoms with van der Waals surface area (Å²) in [5, 5.41) is 0.205.